The molecule has 2 rings (SSSR count). The molecule has 0 atom stereocenters. The van der Waals surface area contributed by atoms with Crippen LogP contribution in [0.1, 0.15) is 29.2 Å². The Kier molecular flexibility index (Phi) is 6.21. The Hall–Kier alpha value is -2.18. The van der Waals surface area contributed by atoms with Crippen LogP contribution < -0.4 is 9.62 Å². The van der Waals surface area contributed by atoms with Gasteiger partial charge in [0.2, 0.25) is 15.9 Å². The molecule has 0 fully saturated rings. The molecule has 0 aromatic heterocycles. The summed E-state index contributed by atoms with van der Waals surface area (Å²) in [5.74, 6) is -0.288. The van der Waals surface area contributed by atoms with E-state index < -0.39 is 10.0 Å². The summed E-state index contributed by atoms with van der Waals surface area (Å²) in [4.78, 5) is 14.4. The Morgan fingerprint density at radius 2 is 1.62 bits per heavy atom. The molecule has 0 radical (unpaired) electrons. The summed E-state index contributed by atoms with van der Waals surface area (Å²) >= 11 is 0. The van der Waals surface area contributed by atoms with Gasteiger partial charge in [0.25, 0.3) is 0 Å². The fraction of sp³-hybridized carbons (Fsp3) is 0.350. The third-order valence-electron chi connectivity index (χ3n) is 4.22. The quantitative estimate of drug-likeness (QED) is 0.844. The Bertz CT molecular complexity index is 897. The largest absolute Gasteiger partial charge is 0.312 e. The SMILES string of the molecule is CCN(C(=O)CNS(=O)(=O)c1c(C)cc(C)cc1C)c1cccc(C)c1. The standard InChI is InChI=1S/C20H26N2O3S/c1-6-22(18-9-7-8-14(2)12-18)19(23)13-21-26(24,25)20-16(4)10-15(3)11-17(20)5/h7-12,21H,6,13H2,1-5H3. The van der Waals surface area contributed by atoms with Gasteiger partial charge in [0.05, 0.1) is 11.4 Å². The maximum absolute atomic E-state index is 12.7. The van der Waals surface area contributed by atoms with Crippen LogP contribution in [0, 0.1) is 27.7 Å². The number of aryl methyl sites for hydroxylation is 4. The summed E-state index contributed by atoms with van der Waals surface area (Å²) in [7, 11) is -3.76. The van der Waals surface area contributed by atoms with Crippen molar-refractivity contribution in [2.24, 2.45) is 0 Å². The van der Waals surface area contributed by atoms with Gasteiger partial charge in [0.1, 0.15) is 0 Å². The molecule has 0 saturated carbocycles. The van der Waals surface area contributed by atoms with Crippen molar-refractivity contribution in [2.75, 3.05) is 18.0 Å². The zero-order valence-corrected chi connectivity index (χ0v) is 16.8. The third kappa shape index (κ3) is 4.51. The molecule has 0 heterocycles. The second kappa shape index (κ2) is 8.01. The van der Waals surface area contributed by atoms with Crippen molar-refractivity contribution in [1.29, 1.82) is 0 Å². The number of rotatable bonds is 6. The van der Waals surface area contributed by atoms with Crippen LogP contribution in [-0.4, -0.2) is 27.4 Å². The van der Waals surface area contributed by atoms with Crippen LogP contribution in [0.25, 0.3) is 0 Å². The predicted molar refractivity (Wildman–Crippen MR) is 105 cm³/mol. The minimum atomic E-state index is -3.76. The lowest BCUT2D eigenvalue weighted by Crippen LogP contribution is -2.40. The van der Waals surface area contributed by atoms with Gasteiger partial charge in [-0.25, -0.2) is 13.1 Å². The van der Waals surface area contributed by atoms with Gasteiger partial charge >= 0.3 is 0 Å². The average Bonchev–Trinajstić information content (AvgIpc) is 2.52. The van der Waals surface area contributed by atoms with Gasteiger partial charge in [-0.3, -0.25) is 4.79 Å². The number of nitrogens with one attached hydrogen (secondary N) is 1. The van der Waals surface area contributed by atoms with Crippen LogP contribution in [0.2, 0.25) is 0 Å². The summed E-state index contributed by atoms with van der Waals surface area (Å²) in [5, 5.41) is 0. The molecule has 1 amide bonds. The maximum atomic E-state index is 12.7. The summed E-state index contributed by atoms with van der Waals surface area (Å²) < 4.78 is 27.9. The van der Waals surface area contributed by atoms with Gasteiger partial charge in [-0.1, -0.05) is 29.8 Å². The van der Waals surface area contributed by atoms with Gasteiger partial charge in [-0.15, -0.1) is 0 Å². The summed E-state index contributed by atoms with van der Waals surface area (Å²) in [6.45, 7) is 9.46. The molecule has 140 valence electrons. The first-order chi connectivity index (χ1) is 12.2. The van der Waals surface area contributed by atoms with E-state index in [1.807, 2.05) is 57.2 Å². The molecule has 0 aliphatic rings. The molecule has 2 aromatic rings. The van der Waals surface area contributed by atoms with Gasteiger partial charge in [0, 0.05) is 12.2 Å². The number of carbonyl (C=O) groups is 1. The highest BCUT2D eigenvalue weighted by Crippen LogP contribution is 2.21. The van der Waals surface area contributed by atoms with E-state index in [2.05, 4.69) is 4.72 Å². The Balaban J connectivity index is 2.20. The molecule has 5 nitrogen and oxygen atoms in total. The third-order valence-corrected chi connectivity index (χ3v) is 5.92. The molecule has 0 spiro atoms. The number of benzene rings is 2. The number of carbonyl (C=O) groups excluding carboxylic acids is 1. The van der Waals surface area contributed by atoms with Gasteiger partial charge in [-0.05, 0) is 63.4 Å². The van der Waals surface area contributed by atoms with E-state index in [4.69, 9.17) is 0 Å². The van der Waals surface area contributed by atoms with Crippen LogP contribution in [-0.2, 0) is 14.8 Å². The number of nitrogens with zero attached hydrogens (tertiary/aromatic N) is 1. The van der Waals surface area contributed by atoms with Crippen LogP contribution in [0.3, 0.4) is 0 Å². The lowest BCUT2D eigenvalue weighted by Gasteiger charge is -2.22. The fourth-order valence-corrected chi connectivity index (χ4v) is 4.64. The second-order valence-electron chi connectivity index (χ2n) is 6.53. The highest BCUT2D eigenvalue weighted by Gasteiger charge is 2.22. The first-order valence-corrected chi connectivity index (χ1v) is 10.1. The summed E-state index contributed by atoms with van der Waals surface area (Å²) in [5.41, 5.74) is 4.16. The minimum absolute atomic E-state index is 0.245. The normalized spacial score (nSPS) is 11.4. The number of hydrogen-bond acceptors (Lipinski definition) is 3. The molecule has 0 unspecified atom stereocenters. The Labute approximate surface area is 156 Å². The monoisotopic (exact) mass is 374 g/mol. The fourth-order valence-electron chi connectivity index (χ4n) is 3.21. The highest BCUT2D eigenvalue weighted by molar-refractivity contribution is 7.89. The lowest BCUT2D eigenvalue weighted by molar-refractivity contribution is -0.117. The molecule has 6 heteroatoms. The van der Waals surface area contributed by atoms with Crippen molar-refractivity contribution in [3.63, 3.8) is 0 Å². The Morgan fingerprint density at radius 1 is 1.00 bits per heavy atom. The topological polar surface area (TPSA) is 66.5 Å². The first-order valence-electron chi connectivity index (χ1n) is 8.60. The number of likely N-dealkylation sites (N-methyl/N-ethyl adjacent to an activating group) is 1. The second-order valence-corrected chi connectivity index (χ2v) is 8.23. The zero-order chi connectivity index (χ0) is 19.5. The van der Waals surface area contributed by atoms with E-state index >= 15 is 0 Å². The smallest absolute Gasteiger partial charge is 0.242 e. The van der Waals surface area contributed by atoms with Crippen LogP contribution in [0.4, 0.5) is 5.69 Å². The first kappa shape index (κ1) is 20.1. The number of amides is 1. The van der Waals surface area contributed by atoms with Crippen molar-refractivity contribution >= 4 is 21.6 Å². The number of sulfonamides is 1. The van der Waals surface area contributed by atoms with Crippen molar-refractivity contribution < 1.29 is 13.2 Å². The van der Waals surface area contributed by atoms with Gasteiger partial charge in [-0.2, -0.15) is 0 Å². The molecular formula is C20H26N2O3S. The summed E-state index contributed by atoms with van der Waals surface area (Å²) in [6.07, 6.45) is 0. The van der Waals surface area contributed by atoms with Crippen LogP contribution in [0.5, 0.6) is 0 Å². The maximum Gasteiger partial charge on any atom is 0.242 e. The van der Waals surface area contributed by atoms with Crippen molar-refractivity contribution in [3.8, 4) is 0 Å². The molecule has 26 heavy (non-hydrogen) atoms. The van der Waals surface area contributed by atoms with E-state index in [0.717, 1.165) is 16.8 Å². The molecule has 0 aliphatic carbocycles. The highest BCUT2D eigenvalue weighted by atomic mass is 32.2. The molecule has 2 aromatic carbocycles. The number of anilines is 1. The average molecular weight is 375 g/mol. The molecule has 0 saturated heterocycles. The molecule has 0 bridgehead atoms. The molecular weight excluding hydrogens is 348 g/mol. The molecule has 1 N–H and O–H groups in total. The van der Waals surface area contributed by atoms with Gasteiger partial charge < -0.3 is 4.90 Å². The van der Waals surface area contributed by atoms with Gasteiger partial charge in [0.15, 0.2) is 0 Å². The minimum Gasteiger partial charge on any atom is -0.312 e. The lowest BCUT2D eigenvalue weighted by atomic mass is 10.1. The van der Waals surface area contributed by atoms with Crippen LogP contribution >= 0.6 is 0 Å². The van der Waals surface area contributed by atoms with Crippen LogP contribution in [0.15, 0.2) is 41.3 Å². The Morgan fingerprint density at radius 3 is 2.15 bits per heavy atom. The van der Waals surface area contributed by atoms with Crippen molar-refractivity contribution in [3.05, 3.63) is 58.7 Å². The van der Waals surface area contributed by atoms with E-state index in [0.29, 0.717) is 17.7 Å². The zero-order valence-electron chi connectivity index (χ0n) is 16.0. The molecule has 0 aliphatic heterocycles. The predicted octanol–water partition coefficient (Wildman–Crippen LogP) is 3.25. The summed E-state index contributed by atoms with van der Waals surface area (Å²) in [6, 6.07) is 11.2. The number of hydrogen-bond donors (Lipinski definition) is 1. The van der Waals surface area contributed by atoms with E-state index in [-0.39, 0.29) is 17.3 Å². The van der Waals surface area contributed by atoms with Crippen molar-refractivity contribution in [2.45, 2.75) is 39.5 Å². The van der Waals surface area contributed by atoms with E-state index in [1.54, 1.807) is 18.7 Å². The van der Waals surface area contributed by atoms with E-state index in [1.165, 1.54) is 0 Å². The van der Waals surface area contributed by atoms with Crippen molar-refractivity contribution in [1.82, 2.24) is 4.72 Å². The van der Waals surface area contributed by atoms with E-state index in [9.17, 15) is 13.2 Å².